The van der Waals surface area contributed by atoms with E-state index in [1.165, 1.54) is 0 Å². The van der Waals surface area contributed by atoms with E-state index in [2.05, 4.69) is 15.1 Å². The molecular formula is C11H21N3O. The number of carbonyl (C=O) groups is 1. The summed E-state index contributed by atoms with van der Waals surface area (Å²) in [6, 6.07) is 0. The molecule has 0 aromatic rings. The van der Waals surface area contributed by atoms with Crippen LogP contribution >= 0.6 is 0 Å². The second-order valence-corrected chi connectivity index (χ2v) is 5.03. The van der Waals surface area contributed by atoms with Gasteiger partial charge in [-0.25, -0.2) is 0 Å². The van der Waals surface area contributed by atoms with Crippen LogP contribution in [-0.2, 0) is 4.79 Å². The zero-order valence-corrected chi connectivity index (χ0v) is 9.70. The number of nitrogens with one attached hydrogen (secondary N) is 1. The molecule has 0 aliphatic carbocycles. The van der Waals surface area contributed by atoms with Gasteiger partial charge in [0.25, 0.3) is 0 Å². The monoisotopic (exact) mass is 211 g/mol. The second kappa shape index (κ2) is 4.49. The molecule has 0 aromatic carbocycles. The van der Waals surface area contributed by atoms with Crippen molar-refractivity contribution < 1.29 is 4.79 Å². The maximum atomic E-state index is 11.9. The van der Waals surface area contributed by atoms with Gasteiger partial charge in [-0.15, -0.1) is 0 Å². The Labute approximate surface area is 91.6 Å². The Bertz CT molecular complexity index is 230. The molecule has 15 heavy (non-hydrogen) atoms. The van der Waals surface area contributed by atoms with Gasteiger partial charge in [0.1, 0.15) is 0 Å². The average Bonchev–Trinajstić information content (AvgIpc) is 2.72. The fourth-order valence-electron chi connectivity index (χ4n) is 2.54. The normalized spacial score (nSPS) is 29.9. The molecule has 2 saturated heterocycles. The molecule has 0 radical (unpaired) electrons. The Morgan fingerprint density at radius 3 is 2.47 bits per heavy atom. The van der Waals surface area contributed by atoms with Crippen molar-refractivity contribution in [1.29, 1.82) is 0 Å². The van der Waals surface area contributed by atoms with Crippen molar-refractivity contribution in [2.24, 2.45) is 11.8 Å². The van der Waals surface area contributed by atoms with E-state index < -0.39 is 0 Å². The first-order valence-electron chi connectivity index (χ1n) is 5.80. The number of nitrogens with zero attached hydrogens (tertiary/aromatic N) is 2. The second-order valence-electron chi connectivity index (χ2n) is 5.03. The van der Waals surface area contributed by atoms with Gasteiger partial charge in [-0.1, -0.05) is 0 Å². The Balaban J connectivity index is 1.78. The molecule has 0 spiro atoms. The van der Waals surface area contributed by atoms with E-state index in [9.17, 15) is 4.79 Å². The summed E-state index contributed by atoms with van der Waals surface area (Å²) in [7, 11) is 4.02. The van der Waals surface area contributed by atoms with Gasteiger partial charge in [-0.2, -0.15) is 0 Å². The molecule has 2 atom stereocenters. The maximum Gasteiger partial charge on any atom is 0.223 e. The van der Waals surface area contributed by atoms with E-state index in [0.29, 0.717) is 24.2 Å². The van der Waals surface area contributed by atoms with E-state index in [1.807, 2.05) is 14.1 Å². The minimum atomic E-state index is 0.332. The fraction of sp³-hybridized carbons (Fsp3) is 0.909. The molecule has 2 heterocycles. The summed E-state index contributed by atoms with van der Waals surface area (Å²) in [6.45, 7) is 5.01. The molecule has 0 aromatic heterocycles. The molecule has 2 aliphatic heterocycles. The van der Waals surface area contributed by atoms with Crippen molar-refractivity contribution in [3.05, 3.63) is 0 Å². The lowest BCUT2D eigenvalue weighted by Crippen LogP contribution is -2.33. The van der Waals surface area contributed by atoms with E-state index >= 15 is 0 Å². The molecule has 1 N–H and O–H groups in total. The number of hydrogen-bond acceptors (Lipinski definition) is 3. The van der Waals surface area contributed by atoms with Gasteiger partial charge in [-0.3, -0.25) is 4.79 Å². The highest BCUT2D eigenvalue weighted by Crippen LogP contribution is 2.26. The summed E-state index contributed by atoms with van der Waals surface area (Å²) >= 11 is 0. The SMILES string of the molecule is CN(C)CCC(=O)N1CC2CNCC2C1. The number of likely N-dealkylation sites (tertiary alicyclic amines) is 1. The molecule has 2 unspecified atom stereocenters. The van der Waals surface area contributed by atoms with Crippen LogP contribution in [0.5, 0.6) is 0 Å². The largest absolute Gasteiger partial charge is 0.342 e. The summed E-state index contributed by atoms with van der Waals surface area (Å²) < 4.78 is 0. The van der Waals surface area contributed by atoms with Crippen molar-refractivity contribution in [3.8, 4) is 0 Å². The van der Waals surface area contributed by atoms with Crippen molar-refractivity contribution in [1.82, 2.24) is 15.1 Å². The predicted octanol–water partition coefficient (Wildman–Crippen LogP) is -0.384. The van der Waals surface area contributed by atoms with Crippen LogP contribution in [0.3, 0.4) is 0 Å². The molecule has 86 valence electrons. The minimum absolute atomic E-state index is 0.332. The summed E-state index contributed by atoms with van der Waals surface area (Å²) in [5, 5.41) is 3.39. The van der Waals surface area contributed by atoms with Crippen LogP contribution in [0.15, 0.2) is 0 Å². The van der Waals surface area contributed by atoms with E-state index in [-0.39, 0.29) is 0 Å². The first-order valence-corrected chi connectivity index (χ1v) is 5.80. The van der Waals surface area contributed by atoms with Gasteiger partial charge < -0.3 is 15.1 Å². The number of hydrogen-bond donors (Lipinski definition) is 1. The number of carbonyl (C=O) groups excluding carboxylic acids is 1. The topological polar surface area (TPSA) is 35.6 Å². The van der Waals surface area contributed by atoms with Gasteiger partial charge in [-0.05, 0) is 25.9 Å². The number of amides is 1. The summed E-state index contributed by atoms with van der Waals surface area (Å²) in [5.74, 6) is 1.76. The van der Waals surface area contributed by atoms with Crippen LogP contribution in [0.4, 0.5) is 0 Å². The van der Waals surface area contributed by atoms with Crippen LogP contribution in [0.25, 0.3) is 0 Å². The molecule has 0 bridgehead atoms. The fourth-order valence-corrected chi connectivity index (χ4v) is 2.54. The average molecular weight is 211 g/mol. The van der Waals surface area contributed by atoms with Gasteiger partial charge >= 0.3 is 0 Å². The molecule has 2 aliphatic rings. The Kier molecular flexibility index (Phi) is 3.26. The highest BCUT2D eigenvalue weighted by atomic mass is 16.2. The number of rotatable bonds is 3. The standard InChI is InChI=1S/C11H21N3O/c1-13(2)4-3-11(15)14-7-9-5-12-6-10(9)8-14/h9-10,12H,3-8H2,1-2H3. The van der Waals surface area contributed by atoms with Gasteiger partial charge in [0.2, 0.25) is 5.91 Å². The predicted molar refractivity (Wildman–Crippen MR) is 59.6 cm³/mol. The van der Waals surface area contributed by atoms with Crippen molar-refractivity contribution in [3.63, 3.8) is 0 Å². The maximum absolute atomic E-state index is 11.9. The van der Waals surface area contributed by atoms with Crippen LogP contribution in [0.2, 0.25) is 0 Å². The van der Waals surface area contributed by atoms with Crippen LogP contribution in [-0.4, -0.2) is 62.5 Å². The third-order valence-corrected chi connectivity index (χ3v) is 3.52. The quantitative estimate of drug-likeness (QED) is 0.691. The highest BCUT2D eigenvalue weighted by molar-refractivity contribution is 5.76. The van der Waals surface area contributed by atoms with Crippen LogP contribution < -0.4 is 5.32 Å². The minimum Gasteiger partial charge on any atom is -0.342 e. The molecule has 2 fully saturated rings. The van der Waals surface area contributed by atoms with Gasteiger partial charge in [0.15, 0.2) is 0 Å². The Morgan fingerprint density at radius 2 is 1.93 bits per heavy atom. The van der Waals surface area contributed by atoms with E-state index in [4.69, 9.17) is 0 Å². The first-order chi connectivity index (χ1) is 7.16. The van der Waals surface area contributed by atoms with Gasteiger partial charge in [0.05, 0.1) is 0 Å². The highest BCUT2D eigenvalue weighted by Gasteiger charge is 2.37. The van der Waals surface area contributed by atoms with Gasteiger partial charge in [0, 0.05) is 39.1 Å². The molecular weight excluding hydrogens is 190 g/mol. The number of fused-ring (bicyclic) bond motifs is 1. The third kappa shape index (κ3) is 2.49. The van der Waals surface area contributed by atoms with Crippen molar-refractivity contribution in [2.45, 2.75) is 6.42 Å². The van der Waals surface area contributed by atoms with E-state index in [0.717, 1.165) is 32.7 Å². The summed E-state index contributed by atoms with van der Waals surface area (Å²) in [4.78, 5) is 16.0. The van der Waals surface area contributed by atoms with E-state index in [1.54, 1.807) is 0 Å². The summed E-state index contributed by atoms with van der Waals surface area (Å²) in [5.41, 5.74) is 0. The zero-order valence-electron chi connectivity index (χ0n) is 9.70. The Hall–Kier alpha value is -0.610. The lowest BCUT2D eigenvalue weighted by molar-refractivity contribution is -0.130. The molecule has 2 rings (SSSR count). The van der Waals surface area contributed by atoms with Crippen LogP contribution in [0, 0.1) is 11.8 Å². The zero-order chi connectivity index (χ0) is 10.8. The first kappa shape index (κ1) is 10.9. The Morgan fingerprint density at radius 1 is 1.33 bits per heavy atom. The van der Waals surface area contributed by atoms with Crippen LogP contribution in [0.1, 0.15) is 6.42 Å². The third-order valence-electron chi connectivity index (χ3n) is 3.52. The molecule has 1 amide bonds. The molecule has 4 nitrogen and oxygen atoms in total. The summed E-state index contributed by atoms with van der Waals surface area (Å²) in [6.07, 6.45) is 0.667. The lowest BCUT2D eigenvalue weighted by atomic mass is 10.0. The van der Waals surface area contributed by atoms with Crippen molar-refractivity contribution in [2.75, 3.05) is 46.8 Å². The smallest absolute Gasteiger partial charge is 0.223 e. The lowest BCUT2D eigenvalue weighted by Gasteiger charge is -2.18. The molecule has 0 saturated carbocycles. The molecule has 4 heteroatoms. The van der Waals surface area contributed by atoms with Crippen molar-refractivity contribution >= 4 is 5.91 Å².